The molecule has 3 heterocycles. The summed E-state index contributed by atoms with van der Waals surface area (Å²) >= 11 is 0. The Bertz CT molecular complexity index is 2310. The second kappa shape index (κ2) is 16.4. The number of aromatic amines is 3. The molecule has 0 saturated carbocycles. The largest absolute Gasteiger partial charge is 0.353 e. The molecule has 0 radical (unpaired) electrons. The molecular formula is C38H41N11O6. The highest BCUT2D eigenvalue weighted by Crippen LogP contribution is 2.24. The van der Waals surface area contributed by atoms with Crippen LogP contribution in [0, 0.1) is 0 Å². The van der Waals surface area contributed by atoms with Gasteiger partial charge >= 0.3 is 0 Å². The fourth-order valence-corrected chi connectivity index (χ4v) is 5.69. The Kier molecular flexibility index (Phi) is 11.2. The maximum atomic E-state index is 13.2. The lowest BCUT2D eigenvalue weighted by Crippen LogP contribution is -2.42. The highest BCUT2D eigenvalue weighted by molar-refractivity contribution is 6.10. The van der Waals surface area contributed by atoms with E-state index in [-0.39, 0.29) is 61.4 Å². The van der Waals surface area contributed by atoms with E-state index in [4.69, 9.17) is 11.5 Å². The lowest BCUT2D eigenvalue weighted by atomic mass is 10.1. The summed E-state index contributed by atoms with van der Waals surface area (Å²) in [6, 6.07) is 19.2. The maximum Gasteiger partial charge on any atom is 0.272 e. The summed E-state index contributed by atoms with van der Waals surface area (Å²) in [6.07, 6.45) is 0. The Hall–Kier alpha value is -6.98. The summed E-state index contributed by atoms with van der Waals surface area (Å²) in [5.74, 6) is -2.08. The monoisotopic (exact) mass is 747 g/mol. The first-order valence-corrected chi connectivity index (χ1v) is 17.5. The molecule has 0 aliphatic heterocycles. The number of nitrogens with two attached hydrogens (primary N) is 2. The molecule has 6 aromatic rings. The van der Waals surface area contributed by atoms with Gasteiger partial charge in [-0.3, -0.25) is 28.8 Å². The molecule has 2 atom stereocenters. The Morgan fingerprint density at radius 1 is 0.491 bits per heavy atom. The molecule has 0 aliphatic rings. The Morgan fingerprint density at radius 3 is 1.44 bits per heavy atom. The number of carbonyl (C=O) groups excluding carboxylic acids is 6. The average molecular weight is 748 g/mol. The molecule has 0 unspecified atom stereocenters. The van der Waals surface area contributed by atoms with E-state index in [2.05, 4.69) is 46.9 Å². The lowest BCUT2D eigenvalue weighted by Gasteiger charge is -2.08. The molecule has 17 heteroatoms. The normalized spacial score (nSPS) is 12.2. The van der Waals surface area contributed by atoms with E-state index < -0.39 is 18.0 Å². The van der Waals surface area contributed by atoms with Crippen LogP contribution in [0.5, 0.6) is 0 Å². The van der Waals surface area contributed by atoms with Gasteiger partial charge in [0.05, 0.1) is 12.1 Å². The predicted molar refractivity (Wildman–Crippen MR) is 209 cm³/mol. The van der Waals surface area contributed by atoms with Crippen LogP contribution < -0.4 is 43.4 Å². The van der Waals surface area contributed by atoms with Crippen LogP contribution in [0.3, 0.4) is 0 Å². The number of aromatic nitrogens is 3. The van der Waals surface area contributed by atoms with E-state index in [0.717, 1.165) is 10.8 Å². The Morgan fingerprint density at radius 2 is 0.927 bits per heavy atom. The summed E-state index contributed by atoms with van der Waals surface area (Å²) < 4.78 is 0. The maximum absolute atomic E-state index is 13.2. The minimum absolute atomic E-state index is 0.223. The molecule has 13 N–H and O–H groups in total. The standard InChI is InChI=1S/C38H41N11O6/c1-19(39)33(50)41-9-11-43-36(53)30-14-21-3-6-25(17-28(21)48-30)45-35(52)23-5-8-27-24(13-23)16-32(47-27)38(55)46-26-7-4-22-15-31(49-29(22)18-26)37(54)44-12-10-42-34(51)20(2)40/h3-8,13-20,47-49H,9-12,39-40H2,1-2H3,(H,41,50)(H,42,51)(H,43,53)(H,44,54)(H,45,52)(H,46,55)/t19-,20-/m0/s1. The van der Waals surface area contributed by atoms with E-state index in [9.17, 15) is 28.8 Å². The zero-order chi connectivity index (χ0) is 39.2. The van der Waals surface area contributed by atoms with Gasteiger partial charge in [-0.15, -0.1) is 0 Å². The number of anilines is 2. The quantitative estimate of drug-likeness (QED) is 0.0732. The number of carbonyl (C=O) groups is 6. The third-order valence-electron chi connectivity index (χ3n) is 8.62. The van der Waals surface area contributed by atoms with E-state index in [1.54, 1.807) is 86.6 Å². The number of hydrogen-bond donors (Lipinski definition) is 11. The van der Waals surface area contributed by atoms with Gasteiger partial charge in [0.1, 0.15) is 17.1 Å². The first kappa shape index (κ1) is 37.8. The topological polar surface area (TPSA) is 274 Å². The van der Waals surface area contributed by atoms with Gasteiger partial charge in [-0.05, 0) is 74.5 Å². The molecule has 0 saturated heterocycles. The van der Waals surface area contributed by atoms with Crippen molar-refractivity contribution in [2.75, 3.05) is 36.8 Å². The van der Waals surface area contributed by atoms with E-state index >= 15 is 0 Å². The van der Waals surface area contributed by atoms with Crippen LogP contribution in [0.1, 0.15) is 55.7 Å². The molecule has 6 amide bonds. The average Bonchev–Trinajstić information content (AvgIpc) is 3.91. The van der Waals surface area contributed by atoms with Crippen molar-refractivity contribution in [1.82, 2.24) is 36.2 Å². The smallest absolute Gasteiger partial charge is 0.272 e. The molecule has 0 aliphatic carbocycles. The molecule has 0 fully saturated rings. The van der Waals surface area contributed by atoms with Crippen molar-refractivity contribution in [3.8, 4) is 0 Å². The van der Waals surface area contributed by atoms with Gasteiger partial charge < -0.3 is 58.3 Å². The van der Waals surface area contributed by atoms with Gasteiger partial charge in [0.2, 0.25) is 11.8 Å². The van der Waals surface area contributed by atoms with Gasteiger partial charge in [0, 0.05) is 75.8 Å². The Labute approximate surface area is 313 Å². The first-order chi connectivity index (χ1) is 26.3. The van der Waals surface area contributed by atoms with Crippen LogP contribution in [0.2, 0.25) is 0 Å². The van der Waals surface area contributed by atoms with Gasteiger partial charge in [0.15, 0.2) is 0 Å². The first-order valence-electron chi connectivity index (χ1n) is 17.5. The number of benzene rings is 3. The third-order valence-corrected chi connectivity index (χ3v) is 8.62. The van der Waals surface area contributed by atoms with Gasteiger partial charge in [0.25, 0.3) is 23.6 Å². The van der Waals surface area contributed by atoms with E-state index in [0.29, 0.717) is 50.3 Å². The zero-order valence-corrected chi connectivity index (χ0v) is 30.0. The van der Waals surface area contributed by atoms with E-state index in [1.807, 2.05) is 0 Å². The van der Waals surface area contributed by atoms with Crippen LogP contribution in [0.15, 0.2) is 72.8 Å². The molecule has 6 rings (SSSR count). The number of hydrogen-bond acceptors (Lipinski definition) is 8. The van der Waals surface area contributed by atoms with Crippen molar-refractivity contribution in [1.29, 1.82) is 0 Å². The second-order valence-corrected chi connectivity index (χ2v) is 13.0. The van der Waals surface area contributed by atoms with Crippen LogP contribution >= 0.6 is 0 Å². The number of fused-ring (bicyclic) bond motifs is 3. The highest BCUT2D eigenvalue weighted by atomic mass is 16.2. The van der Waals surface area contributed by atoms with Crippen molar-refractivity contribution in [2.45, 2.75) is 25.9 Å². The summed E-state index contributed by atoms with van der Waals surface area (Å²) in [5.41, 5.74) is 15.3. The summed E-state index contributed by atoms with van der Waals surface area (Å²) in [7, 11) is 0. The molecule has 0 bridgehead atoms. The van der Waals surface area contributed by atoms with E-state index in [1.165, 1.54) is 0 Å². The molecular weight excluding hydrogens is 706 g/mol. The molecule has 284 valence electrons. The number of nitrogens with one attached hydrogen (secondary N) is 9. The summed E-state index contributed by atoms with van der Waals surface area (Å²) in [5, 5.41) is 18.6. The molecule has 0 spiro atoms. The minimum atomic E-state index is -0.636. The van der Waals surface area contributed by atoms with Crippen LogP contribution in [-0.4, -0.2) is 88.7 Å². The highest BCUT2D eigenvalue weighted by Gasteiger charge is 2.16. The molecule has 17 nitrogen and oxygen atoms in total. The molecule has 3 aromatic heterocycles. The van der Waals surface area contributed by atoms with Crippen molar-refractivity contribution in [3.63, 3.8) is 0 Å². The van der Waals surface area contributed by atoms with Crippen molar-refractivity contribution < 1.29 is 28.8 Å². The predicted octanol–water partition coefficient (Wildman–Crippen LogP) is 2.02. The Balaban J connectivity index is 1.04. The number of H-pyrrole nitrogens is 3. The SMILES string of the molecule is C[C@H](N)C(=O)NCCNC(=O)c1cc2ccc(NC(=O)c3ccc4[nH]c(C(=O)Nc5ccc6cc(C(=O)NCCNC(=O)[C@H](C)N)[nH]c6c5)cc4c3)cc2[nH]1. The van der Waals surface area contributed by atoms with Gasteiger partial charge in [-0.2, -0.15) is 0 Å². The van der Waals surface area contributed by atoms with Gasteiger partial charge in [-0.1, -0.05) is 12.1 Å². The van der Waals surface area contributed by atoms with Crippen LogP contribution in [-0.2, 0) is 9.59 Å². The van der Waals surface area contributed by atoms with Crippen LogP contribution in [0.4, 0.5) is 11.4 Å². The van der Waals surface area contributed by atoms with Crippen molar-refractivity contribution >= 4 is 79.5 Å². The van der Waals surface area contributed by atoms with Crippen LogP contribution in [0.25, 0.3) is 32.7 Å². The lowest BCUT2D eigenvalue weighted by molar-refractivity contribution is -0.122. The summed E-state index contributed by atoms with van der Waals surface area (Å²) in [6.45, 7) is 4.07. The van der Waals surface area contributed by atoms with Crippen molar-refractivity contribution in [3.05, 3.63) is 95.4 Å². The third kappa shape index (κ3) is 9.16. The zero-order valence-electron chi connectivity index (χ0n) is 30.0. The molecule has 3 aromatic carbocycles. The molecule has 55 heavy (non-hydrogen) atoms. The fraction of sp³-hybridized carbons (Fsp3) is 0.211. The minimum Gasteiger partial charge on any atom is -0.353 e. The van der Waals surface area contributed by atoms with Crippen molar-refractivity contribution in [2.24, 2.45) is 11.5 Å². The number of rotatable bonds is 14. The second-order valence-electron chi connectivity index (χ2n) is 13.0. The van der Waals surface area contributed by atoms with Gasteiger partial charge in [-0.25, -0.2) is 0 Å². The summed E-state index contributed by atoms with van der Waals surface area (Å²) in [4.78, 5) is 84.0. The number of amides is 6. The fourth-order valence-electron chi connectivity index (χ4n) is 5.69.